The van der Waals surface area contributed by atoms with Gasteiger partial charge in [-0.1, -0.05) is 12.1 Å². The Bertz CT molecular complexity index is 1260. The van der Waals surface area contributed by atoms with Gasteiger partial charge in [0.1, 0.15) is 15.6 Å². The zero-order valence-corrected chi connectivity index (χ0v) is 21.8. The molecule has 2 aliphatic rings. The van der Waals surface area contributed by atoms with Crippen molar-refractivity contribution in [2.24, 2.45) is 5.92 Å². The monoisotopic (exact) mass is 545 g/mol. The number of carbonyl (C=O) groups is 1. The van der Waals surface area contributed by atoms with Gasteiger partial charge in [-0.2, -0.15) is 22.7 Å². The Morgan fingerprint density at radius 2 is 1.92 bits per heavy atom. The van der Waals surface area contributed by atoms with Crippen LogP contribution < -0.4 is 10.1 Å². The van der Waals surface area contributed by atoms with Crippen molar-refractivity contribution in [2.75, 3.05) is 11.5 Å². The molecule has 1 atom stereocenters. The number of aromatic nitrogens is 2. The van der Waals surface area contributed by atoms with Crippen LogP contribution in [0.15, 0.2) is 24.3 Å². The van der Waals surface area contributed by atoms with Gasteiger partial charge in [0, 0.05) is 40.7 Å². The molecule has 0 spiro atoms. The molecule has 2 heterocycles. The molecule has 0 bridgehead atoms. The molecule has 37 heavy (non-hydrogen) atoms. The largest absolute Gasteiger partial charge is 0.461 e. The maximum absolute atomic E-state index is 13.4. The van der Waals surface area contributed by atoms with E-state index in [0.29, 0.717) is 43.4 Å². The van der Waals surface area contributed by atoms with Crippen molar-refractivity contribution >= 4 is 15.7 Å². The van der Waals surface area contributed by atoms with Gasteiger partial charge in [0.25, 0.3) is 0 Å². The molecule has 4 rings (SSSR count). The average molecular weight is 546 g/mol. The van der Waals surface area contributed by atoms with Crippen LogP contribution in [0.3, 0.4) is 0 Å². The van der Waals surface area contributed by atoms with Crippen LogP contribution in [0.25, 0.3) is 11.3 Å². The zero-order chi connectivity index (χ0) is 27.2. The van der Waals surface area contributed by atoms with Crippen molar-refractivity contribution in [2.45, 2.75) is 77.0 Å². The molecule has 204 valence electrons. The number of hydrogen-bond acceptors (Lipinski definition) is 5. The highest BCUT2D eigenvalue weighted by Crippen LogP contribution is 2.37. The fourth-order valence-electron chi connectivity index (χ4n) is 4.94. The van der Waals surface area contributed by atoms with Gasteiger partial charge in [-0.05, 0) is 58.6 Å². The lowest BCUT2D eigenvalue weighted by Crippen LogP contribution is -2.53. The predicted octanol–water partition coefficient (Wildman–Crippen LogP) is 4.56. The number of nitrogens with zero attached hydrogens (tertiary/aromatic N) is 2. The van der Waals surface area contributed by atoms with E-state index in [2.05, 4.69) is 10.1 Å². The normalized spacial score (nSPS) is 21.1. The van der Waals surface area contributed by atoms with Crippen LogP contribution in [0.2, 0.25) is 0 Å². The number of fused-ring (bicyclic) bond motifs is 1. The summed E-state index contributed by atoms with van der Waals surface area (Å²) in [5, 5.41) is 7.78. The average Bonchev–Trinajstić information content (AvgIpc) is 3.20. The van der Waals surface area contributed by atoms with E-state index < -0.39 is 33.7 Å². The first kappa shape index (κ1) is 27.4. The molecule has 1 aromatic carbocycles. The van der Waals surface area contributed by atoms with Gasteiger partial charge in [0.05, 0.1) is 17.2 Å². The lowest BCUT2D eigenvalue weighted by molar-refractivity contribution is -0.253. The summed E-state index contributed by atoms with van der Waals surface area (Å²) in [5.41, 5.74) is 2.16. The van der Waals surface area contributed by atoms with Gasteiger partial charge >= 0.3 is 12.5 Å². The molecule has 1 N–H and O–H groups in total. The van der Waals surface area contributed by atoms with E-state index in [1.165, 1.54) is 18.2 Å². The van der Waals surface area contributed by atoms with Crippen molar-refractivity contribution in [1.29, 1.82) is 0 Å². The Labute approximate surface area is 213 Å². The topological polar surface area (TPSA) is 90.3 Å². The molecule has 1 amide bonds. The quantitative estimate of drug-likeness (QED) is 0.516. The van der Waals surface area contributed by atoms with Gasteiger partial charge in [-0.15, -0.1) is 0 Å². The van der Waals surface area contributed by atoms with Crippen LogP contribution in [0, 0.1) is 5.92 Å². The maximum atomic E-state index is 13.4. The predicted molar refractivity (Wildman–Crippen MR) is 130 cm³/mol. The molecule has 1 aromatic heterocycles. The van der Waals surface area contributed by atoms with Crippen molar-refractivity contribution in [3.63, 3.8) is 0 Å². The van der Waals surface area contributed by atoms with Crippen molar-refractivity contribution in [1.82, 2.24) is 15.1 Å². The maximum Gasteiger partial charge on any atom is 0.461 e. The third-order valence-corrected chi connectivity index (χ3v) is 8.78. The van der Waals surface area contributed by atoms with E-state index in [9.17, 15) is 30.8 Å². The molecule has 1 saturated heterocycles. The molecule has 0 unspecified atom stereocenters. The number of rotatable bonds is 7. The zero-order valence-electron chi connectivity index (χ0n) is 20.9. The number of ether oxygens (including phenoxy) is 1. The minimum atomic E-state index is -4.62. The first-order valence-corrected chi connectivity index (χ1v) is 14.1. The van der Waals surface area contributed by atoms with Crippen molar-refractivity contribution in [3.05, 3.63) is 35.5 Å². The van der Waals surface area contributed by atoms with Gasteiger partial charge in [0.15, 0.2) is 0 Å². The Morgan fingerprint density at radius 3 is 2.54 bits per heavy atom. The van der Waals surface area contributed by atoms with Gasteiger partial charge < -0.3 is 10.1 Å². The van der Waals surface area contributed by atoms with Crippen LogP contribution in [-0.4, -0.2) is 53.7 Å². The molecule has 0 radical (unpaired) electrons. The van der Waals surface area contributed by atoms with E-state index >= 15 is 0 Å². The minimum absolute atomic E-state index is 0.0482. The summed E-state index contributed by atoms with van der Waals surface area (Å²) in [5.74, 6) is -0.756. The minimum Gasteiger partial charge on any atom is -0.428 e. The van der Waals surface area contributed by atoms with E-state index in [-0.39, 0.29) is 29.4 Å². The lowest BCUT2D eigenvalue weighted by Gasteiger charge is -2.36. The Balaban J connectivity index is 1.57. The van der Waals surface area contributed by atoms with E-state index in [4.69, 9.17) is 5.10 Å². The summed E-state index contributed by atoms with van der Waals surface area (Å²) >= 11 is 0. The highest BCUT2D eigenvalue weighted by Gasteiger charge is 2.44. The second kappa shape index (κ2) is 9.92. The smallest absolute Gasteiger partial charge is 0.428 e. The van der Waals surface area contributed by atoms with Crippen LogP contribution in [0.1, 0.15) is 57.3 Å². The number of amides is 1. The van der Waals surface area contributed by atoms with E-state index in [1.54, 1.807) is 10.7 Å². The van der Waals surface area contributed by atoms with Crippen LogP contribution in [0.5, 0.6) is 5.75 Å². The summed E-state index contributed by atoms with van der Waals surface area (Å²) in [6.07, 6.45) is -6.38. The number of nitrogens with one attached hydrogen (secondary N) is 1. The van der Waals surface area contributed by atoms with Gasteiger partial charge in [0.2, 0.25) is 5.91 Å². The summed E-state index contributed by atoms with van der Waals surface area (Å²) in [6.45, 7) is 5.75. The number of halogens is 4. The molecule has 1 aliphatic carbocycles. The lowest BCUT2D eigenvalue weighted by atomic mass is 9.84. The second-order valence-electron chi connectivity index (χ2n) is 10.4. The van der Waals surface area contributed by atoms with E-state index in [1.807, 2.05) is 20.8 Å². The standard InChI is InChI=1S/C25H31F4N3O4S/c1-15(2)32-20-14-17(22(33)30-24(3)9-11-37(34,35)12-10-24)7-8-19(20)21(31-32)16-5-4-6-18(13-16)36-25(28,29)23(26)27/h4-6,13,15,17,23H,7-12,14H2,1-3H3,(H,30,33)/t17-/m1/s1. The molecule has 7 nitrogen and oxygen atoms in total. The fraction of sp³-hybridized carbons (Fsp3) is 0.600. The first-order chi connectivity index (χ1) is 17.2. The summed E-state index contributed by atoms with van der Waals surface area (Å²) in [7, 11) is -3.06. The fourth-order valence-corrected chi connectivity index (χ4v) is 6.67. The van der Waals surface area contributed by atoms with Crippen LogP contribution in [-0.2, 0) is 27.5 Å². The summed E-state index contributed by atoms with van der Waals surface area (Å²) in [6, 6.07) is 5.49. The molecular weight excluding hydrogens is 514 g/mol. The van der Waals surface area contributed by atoms with Crippen LogP contribution >= 0.6 is 0 Å². The number of carbonyl (C=O) groups excluding carboxylic acids is 1. The third kappa shape index (κ3) is 5.94. The molecular formula is C25H31F4N3O4S. The number of benzene rings is 1. The molecule has 12 heteroatoms. The highest BCUT2D eigenvalue weighted by molar-refractivity contribution is 7.91. The Morgan fingerprint density at radius 1 is 1.24 bits per heavy atom. The highest BCUT2D eigenvalue weighted by atomic mass is 32.2. The molecule has 1 fully saturated rings. The van der Waals surface area contributed by atoms with Crippen molar-refractivity contribution in [3.8, 4) is 17.0 Å². The number of alkyl halides is 4. The molecule has 2 aromatic rings. The van der Waals surface area contributed by atoms with Crippen molar-refractivity contribution < 1.29 is 35.5 Å². The van der Waals surface area contributed by atoms with E-state index in [0.717, 1.165) is 11.3 Å². The molecule has 0 saturated carbocycles. The van der Waals surface area contributed by atoms with Gasteiger partial charge in [-0.25, -0.2) is 8.42 Å². The first-order valence-electron chi connectivity index (χ1n) is 12.3. The Hall–Kier alpha value is -2.63. The van der Waals surface area contributed by atoms with Gasteiger partial charge in [-0.3, -0.25) is 9.48 Å². The summed E-state index contributed by atoms with van der Waals surface area (Å²) < 4.78 is 81.7. The molecule has 1 aliphatic heterocycles. The van der Waals surface area contributed by atoms with Crippen LogP contribution in [0.4, 0.5) is 17.6 Å². The third-order valence-electron chi connectivity index (χ3n) is 7.13. The second-order valence-corrected chi connectivity index (χ2v) is 12.7. The SMILES string of the molecule is CC(C)n1nc(-c2cccc(OC(F)(F)C(F)F)c2)c2c1C[C@H](C(=O)NC1(C)CCS(=O)(=O)CC1)CC2. The number of sulfone groups is 1. The number of hydrogen-bond donors (Lipinski definition) is 1. The summed E-state index contributed by atoms with van der Waals surface area (Å²) in [4.78, 5) is 13.2. The Kier molecular flexibility index (Phi) is 7.35.